The van der Waals surface area contributed by atoms with E-state index in [0.717, 1.165) is 38.5 Å². The van der Waals surface area contributed by atoms with E-state index in [1.807, 2.05) is 6.92 Å². The van der Waals surface area contributed by atoms with Gasteiger partial charge in [-0.3, -0.25) is 12.5 Å². The molecule has 4 fully saturated rings. The number of rotatable bonds is 10. The van der Waals surface area contributed by atoms with E-state index in [-0.39, 0.29) is 137 Å². The molecule has 4 aliphatic carbocycles. The van der Waals surface area contributed by atoms with Gasteiger partial charge in [-0.15, -0.1) is 0 Å². The van der Waals surface area contributed by atoms with Crippen LogP contribution in [-0.2, 0) is 43.7 Å². The summed E-state index contributed by atoms with van der Waals surface area (Å²) in [5.74, 6) is 0.809. The van der Waals surface area contributed by atoms with Gasteiger partial charge in [0, 0.05) is 0 Å². The maximum absolute atomic E-state index is 11.9. The molecule has 12 nitrogen and oxygen atoms in total. The van der Waals surface area contributed by atoms with Gasteiger partial charge in [0.25, 0.3) is 0 Å². The minimum atomic E-state index is -5.35. The Kier molecular flexibility index (Phi) is 17.2. The van der Waals surface area contributed by atoms with Crippen molar-refractivity contribution in [2.24, 2.45) is 57.7 Å². The van der Waals surface area contributed by atoms with Crippen LogP contribution in [0.4, 0.5) is 0 Å². The molecule has 0 spiro atoms. The summed E-state index contributed by atoms with van der Waals surface area (Å²) in [7, 11) is -15.8. The standard InChI is InChI=1S/C29H52O12S3.3Na/c1-17(8-9-18(2)27(3,4)5)20-10-11-21-19-14-24(39-42(30,31)32)23-15-25(40-43(33,34)35)26(41-44(36,37)38)16-29(23,7)22(19)12-13-28(20,21)6;;;/h17-26H,8-16H2,1-7H3,(H,30,31,32)(H,33,34,35)(H,36,37,38);;;/q;3*+1/p-3/t17?,18?,19?,20?,21?,22?,23?,24-,25-,26?,28?,29?;;;/m0.../s1. The van der Waals surface area contributed by atoms with E-state index >= 15 is 0 Å². The Morgan fingerprint density at radius 3 is 1.68 bits per heavy atom. The molecule has 10 unspecified atom stereocenters. The van der Waals surface area contributed by atoms with Gasteiger partial charge in [-0.1, -0.05) is 54.9 Å². The fraction of sp³-hybridized carbons (Fsp3) is 1.00. The molecule has 0 saturated heterocycles. The Morgan fingerprint density at radius 2 is 1.17 bits per heavy atom. The van der Waals surface area contributed by atoms with Crippen LogP contribution in [0, 0.1) is 57.7 Å². The van der Waals surface area contributed by atoms with Crippen LogP contribution in [0.2, 0.25) is 0 Å². The molecule has 4 saturated carbocycles. The van der Waals surface area contributed by atoms with Gasteiger partial charge >= 0.3 is 88.7 Å². The Balaban J connectivity index is 0.00000368. The van der Waals surface area contributed by atoms with Gasteiger partial charge in [0.2, 0.25) is 31.2 Å². The molecule has 0 aromatic heterocycles. The quantitative estimate of drug-likeness (QED) is 0.118. The number of hydrogen-bond donors (Lipinski definition) is 0. The zero-order chi connectivity index (χ0) is 33.3. The second kappa shape index (κ2) is 17.0. The zero-order valence-electron chi connectivity index (χ0n) is 29.8. The molecule has 0 aromatic carbocycles. The van der Waals surface area contributed by atoms with E-state index in [0.29, 0.717) is 17.8 Å². The molecule has 0 N–H and O–H groups in total. The predicted molar refractivity (Wildman–Crippen MR) is 157 cm³/mol. The Morgan fingerprint density at radius 1 is 0.681 bits per heavy atom. The Hall–Kier alpha value is 2.61. The van der Waals surface area contributed by atoms with Crippen molar-refractivity contribution in [2.75, 3.05) is 0 Å². The molecule has 0 heterocycles. The minimum Gasteiger partial charge on any atom is -0.726 e. The molecule has 12 atom stereocenters. The summed E-state index contributed by atoms with van der Waals surface area (Å²) in [5, 5.41) is 0. The van der Waals surface area contributed by atoms with E-state index in [9.17, 15) is 38.9 Å². The monoisotopic (exact) mass is 754 g/mol. The Labute approximate surface area is 349 Å². The van der Waals surface area contributed by atoms with Gasteiger partial charge in [0.15, 0.2) is 0 Å². The van der Waals surface area contributed by atoms with Crippen LogP contribution in [0.5, 0.6) is 0 Å². The van der Waals surface area contributed by atoms with Crippen LogP contribution < -0.4 is 88.7 Å². The first-order valence-corrected chi connectivity index (χ1v) is 19.8. The SMILES string of the molecule is CC(CCC(C)C(C)(C)C)C1CCC2C3C[C@H](OS(=O)(=O)[O-])C4C[C@H](OS(=O)(=O)[O-])C(OS(=O)(=O)[O-])CC4(C)C3CCC12C.[Na+].[Na+].[Na+]. The van der Waals surface area contributed by atoms with Crippen molar-refractivity contribution >= 4 is 31.2 Å². The second-order valence-electron chi connectivity index (χ2n) is 15.8. The van der Waals surface area contributed by atoms with Gasteiger partial charge in [-0.25, -0.2) is 25.3 Å². The molecule has 4 rings (SSSR count). The third-order valence-corrected chi connectivity index (χ3v) is 14.1. The molecule has 0 amide bonds. The maximum Gasteiger partial charge on any atom is 1.00 e. The summed E-state index contributed by atoms with van der Waals surface area (Å²) < 4.78 is 120. The van der Waals surface area contributed by atoms with Gasteiger partial charge in [0.05, 0.1) is 6.10 Å². The van der Waals surface area contributed by atoms with E-state index in [4.69, 9.17) is 8.37 Å². The van der Waals surface area contributed by atoms with E-state index < -0.39 is 60.8 Å². The largest absolute Gasteiger partial charge is 1.00 e. The first-order chi connectivity index (χ1) is 19.8. The van der Waals surface area contributed by atoms with Crippen LogP contribution in [-0.4, -0.2) is 57.2 Å². The molecule has 0 radical (unpaired) electrons. The molecule has 0 aromatic rings. The van der Waals surface area contributed by atoms with Gasteiger partial charge in [-0.2, -0.15) is 0 Å². The van der Waals surface area contributed by atoms with Crippen LogP contribution in [0.15, 0.2) is 0 Å². The van der Waals surface area contributed by atoms with Crippen LogP contribution in [0.3, 0.4) is 0 Å². The zero-order valence-corrected chi connectivity index (χ0v) is 38.2. The fourth-order valence-corrected chi connectivity index (χ4v) is 11.7. The molecule has 258 valence electrons. The molecule has 4 aliphatic rings. The van der Waals surface area contributed by atoms with Gasteiger partial charge in [-0.05, 0) is 109 Å². The van der Waals surface area contributed by atoms with E-state index in [2.05, 4.69) is 45.7 Å². The molecule has 0 bridgehead atoms. The topological polar surface area (TPSA) is 199 Å². The van der Waals surface area contributed by atoms with Crippen LogP contribution >= 0.6 is 0 Å². The summed E-state index contributed by atoms with van der Waals surface area (Å²) in [6.45, 7) is 15.6. The van der Waals surface area contributed by atoms with Crippen molar-refractivity contribution in [1.29, 1.82) is 0 Å². The van der Waals surface area contributed by atoms with Crippen LogP contribution in [0.1, 0.15) is 106 Å². The summed E-state index contributed by atoms with van der Waals surface area (Å²) in [4.78, 5) is 0. The van der Waals surface area contributed by atoms with Gasteiger partial charge < -0.3 is 13.7 Å². The van der Waals surface area contributed by atoms with E-state index in [1.54, 1.807) is 0 Å². The van der Waals surface area contributed by atoms with Crippen molar-refractivity contribution in [2.45, 2.75) is 125 Å². The second-order valence-corrected chi connectivity index (χ2v) is 18.9. The smallest absolute Gasteiger partial charge is 0.726 e. The van der Waals surface area contributed by atoms with Crippen molar-refractivity contribution in [3.63, 3.8) is 0 Å². The average molecular weight is 755 g/mol. The third kappa shape index (κ3) is 11.3. The van der Waals surface area contributed by atoms with Crippen molar-refractivity contribution in [3.05, 3.63) is 0 Å². The van der Waals surface area contributed by atoms with E-state index in [1.165, 1.54) is 0 Å². The summed E-state index contributed by atoms with van der Waals surface area (Å²) in [5.41, 5.74) is -0.700. The van der Waals surface area contributed by atoms with Gasteiger partial charge in [0.1, 0.15) is 12.2 Å². The van der Waals surface area contributed by atoms with Crippen molar-refractivity contribution in [1.82, 2.24) is 0 Å². The summed E-state index contributed by atoms with van der Waals surface area (Å²) >= 11 is 0. The molecular weight excluding hydrogens is 705 g/mol. The normalized spacial score (nSPS) is 38.7. The summed E-state index contributed by atoms with van der Waals surface area (Å²) in [6.07, 6.45) is 1.15. The third-order valence-electron chi connectivity index (χ3n) is 12.6. The predicted octanol–water partition coefficient (Wildman–Crippen LogP) is -4.49. The van der Waals surface area contributed by atoms with Crippen LogP contribution in [0.25, 0.3) is 0 Å². The van der Waals surface area contributed by atoms with Crippen molar-refractivity contribution < 1.29 is 140 Å². The number of fused-ring (bicyclic) bond motifs is 5. The van der Waals surface area contributed by atoms with Crippen molar-refractivity contribution in [3.8, 4) is 0 Å². The Bertz CT molecular complexity index is 1390. The first-order valence-electron chi connectivity index (χ1n) is 15.8. The molecule has 18 heteroatoms. The molecule has 47 heavy (non-hydrogen) atoms. The minimum absolute atomic E-state index is 0. The fourth-order valence-electron chi connectivity index (χ4n) is 10.1. The average Bonchev–Trinajstić information content (AvgIpc) is 3.17. The molecule has 0 aliphatic heterocycles. The maximum atomic E-state index is 11.9. The first kappa shape index (κ1) is 47.6. The molecular formula is C29H49Na3O12S3. The summed E-state index contributed by atoms with van der Waals surface area (Å²) in [6, 6.07) is 0. The number of hydrogen-bond acceptors (Lipinski definition) is 12.